The molecule has 6 nitrogen and oxygen atoms in total. The molecule has 3 aromatic carbocycles. The summed E-state index contributed by atoms with van der Waals surface area (Å²) in [5.41, 5.74) is 2.45. The monoisotopic (exact) mass is 432 g/mol. The van der Waals surface area contributed by atoms with Gasteiger partial charge >= 0.3 is 0 Å². The Morgan fingerprint density at radius 2 is 1.87 bits per heavy atom. The van der Waals surface area contributed by atoms with E-state index in [0.717, 1.165) is 15.8 Å². The number of amides is 1. The molecule has 0 fully saturated rings. The third kappa shape index (κ3) is 3.57. The van der Waals surface area contributed by atoms with Crippen LogP contribution in [0.25, 0.3) is 10.2 Å². The second-order valence-corrected chi connectivity index (χ2v) is 8.19. The summed E-state index contributed by atoms with van der Waals surface area (Å²) >= 11 is 1.45. The zero-order valence-electron chi connectivity index (χ0n) is 17.1. The summed E-state index contributed by atoms with van der Waals surface area (Å²) in [6, 6.07) is 20.9. The predicted molar refractivity (Wildman–Crippen MR) is 121 cm³/mol. The SMILES string of the molecule is COc1ccc(C)cc1N(C(=O)[C@H]1COc2ccccc2O1)c1nc2ccccc2s1. The Morgan fingerprint density at radius 1 is 1.10 bits per heavy atom. The van der Waals surface area contributed by atoms with E-state index in [2.05, 4.69) is 0 Å². The molecule has 156 valence electrons. The molecule has 0 spiro atoms. The number of nitrogens with zero attached hydrogens (tertiary/aromatic N) is 2. The van der Waals surface area contributed by atoms with Crippen molar-refractivity contribution in [1.29, 1.82) is 0 Å². The Balaban J connectivity index is 1.60. The molecule has 0 aliphatic carbocycles. The van der Waals surface area contributed by atoms with E-state index in [1.165, 1.54) is 11.3 Å². The maximum absolute atomic E-state index is 13.8. The molecule has 1 aliphatic heterocycles. The van der Waals surface area contributed by atoms with Crippen LogP contribution in [0, 0.1) is 6.92 Å². The molecule has 2 heterocycles. The van der Waals surface area contributed by atoms with Crippen LogP contribution in [0.15, 0.2) is 66.7 Å². The van der Waals surface area contributed by atoms with Gasteiger partial charge in [-0.05, 0) is 48.9 Å². The lowest BCUT2D eigenvalue weighted by molar-refractivity contribution is -0.126. The molecular weight excluding hydrogens is 412 g/mol. The molecule has 1 atom stereocenters. The number of para-hydroxylation sites is 3. The van der Waals surface area contributed by atoms with Crippen LogP contribution in [0.1, 0.15) is 5.56 Å². The maximum Gasteiger partial charge on any atom is 0.278 e. The van der Waals surface area contributed by atoms with E-state index in [1.807, 2.05) is 67.6 Å². The summed E-state index contributed by atoms with van der Waals surface area (Å²) in [6.07, 6.45) is -0.813. The second kappa shape index (κ2) is 7.92. The Kier molecular flexibility index (Phi) is 4.95. The van der Waals surface area contributed by atoms with Gasteiger partial charge in [0.05, 0.1) is 23.0 Å². The van der Waals surface area contributed by atoms with Gasteiger partial charge in [0.25, 0.3) is 5.91 Å². The third-order valence-electron chi connectivity index (χ3n) is 5.05. The molecule has 1 aromatic heterocycles. The van der Waals surface area contributed by atoms with Gasteiger partial charge in [-0.2, -0.15) is 0 Å². The fourth-order valence-electron chi connectivity index (χ4n) is 3.53. The van der Waals surface area contributed by atoms with Crippen molar-refractivity contribution in [2.24, 2.45) is 0 Å². The van der Waals surface area contributed by atoms with Gasteiger partial charge in [-0.3, -0.25) is 4.79 Å². The molecule has 0 radical (unpaired) electrons. The number of methoxy groups -OCH3 is 1. The molecule has 1 amide bonds. The average molecular weight is 433 g/mol. The average Bonchev–Trinajstić information content (AvgIpc) is 3.22. The lowest BCUT2D eigenvalue weighted by Crippen LogP contribution is -2.44. The van der Waals surface area contributed by atoms with Gasteiger partial charge in [0.15, 0.2) is 16.6 Å². The van der Waals surface area contributed by atoms with Crippen LogP contribution in [0.5, 0.6) is 17.2 Å². The third-order valence-corrected chi connectivity index (χ3v) is 6.08. The zero-order valence-corrected chi connectivity index (χ0v) is 17.9. The number of thiazole rings is 1. The number of benzene rings is 3. The number of fused-ring (bicyclic) bond motifs is 2. The Morgan fingerprint density at radius 3 is 2.68 bits per heavy atom. The fraction of sp³-hybridized carbons (Fsp3) is 0.167. The fourth-order valence-corrected chi connectivity index (χ4v) is 4.52. The van der Waals surface area contributed by atoms with E-state index in [1.54, 1.807) is 18.1 Å². The minimum Gasteiger partial charge on any atom is -0.495 e. The van der Waals surface area contributed by atoms with Crippen molar-refractivity contribution in [3.63, 3.8) is 0 Å². The normalized spacial score (nSPS) is 15.0. The predicted octanol–water partition coefficient (Wildman–Crippen LogP) is 5.12. The number of rotatable bonds is 4. The first-order valence-corrected chi connectivity index (χ1v) is 10.7. The lowest BCUT2D eigenvalue weighted by atomic mass is 10.1. The molecule has 4 aromatic rings. The van der Waals surface area contributed by atoms with E-state index in [9.17, 15) is 4.79 Å². The van der Waals surface area contributed by atoms with Crippen molar-refractivity contribution in [2.45, 2.75) is 13.0 Å². The van der Waals surface area contributed by atoms with Gasteiger partial charge in [0.2, 0.25) is 6.10 Å². The number of hydrogen-bond acceptors (Lipinski definition) is 6. The van der Waals surface area contributed by atoms with Crippen molar-refractivity contribution in [3.05, 3.63) is 72.3 Å². The van der Waals surface area contributed by atoms with E-state index in [4.69, 9.17) is 19.2 Å². The number of anilines is 2. The van der Waals surface area contributed by atoms with Crippen molar-refractivity contribution >= 4 is 38.3 Å². The summed E-state index contributed by atoms with van der Waals surface area (Å²) in [6.45, 7) is 2.09. The summed E-state index contributed by atoms with van der Waals surface area (Å²) in [5, 5.41) is 0.553. The number of ether oxygens (including phenoxy) is 3. The van der Waals surface area contributed by atoms with Crippen molar-refractivity contribution < 1.29 is 19.0 Å². The van der Waals surface area contributed by atoms with Crippen LogP contribution >= 0.6 is 11.3 Å². The van der Waals surface area contributed by atoms with E-state index < -0.39 is 6.10 Å². The maximum atomic E-state index is 13.8. The van der Waals surface area contributed by atoms with Crippen molar-refractivity contribution in [1.82, 2.24) is 4.98 Å². The highest BCUT2D eigenvalue weighted by molar-refractivity contribution is 7.22. The Bertz CT molecular complexity index is 1240. The van der Waals surface area contributed by atoms with Gasteiger partial charge in [0, 0.05) is 0 Å². The van der Waals surface area contributed by atoms with Crippen molar-refractivity contribution in [3.8, 4) is 17.2 Å². The minimum absolute atomic E-state index is 0.116. The first-order chi connectivity index (χ1) is 15.1. The van der Waals surface area contributed by atoms with Crippen LogP contribution in [0.2, 0.25) is 0 Å². The lowest BCUT2D eigenvalue weighted by Gasteiger charge is -2.30. The highest BCUT2D eigenvalue weighted by atomic mass is 32.1. The smallest absolute Gasteiger partial charge is 0.278 e. The highest BCUT2D eigenvalue weighted by Gasteiger charge is 2.35. The summed E-state index contributed by atoms with van der Waals surface area (Å²) in [4.78, 5) is 20.1. The molecule has 0 saturated carbocycles. The van der Waals surface area contributed by atoms with Crippen LogP contribution in [-0.2, 0) is 4.79 Å². The van der Waals surface area contributed by atoms with Crippen molar-refractivity contribution in [2.75, 3.05) is 18.6 Å². The Hall–Kier alpha value is -3.58. The standard InChI is InChI=1S/C24H20N2O4S/c1-15-11-12-18(28-2)17(13-15)26(24-25-16-7-3-6-10-22(16)31-24)23(27)21-14-29-19-8-4-5-9-20(19)30-21/h3-13,21H,14H2,1-2H3/t21-/m1/s1. The van der Waals surface area contributed by atoms with E-state index >= 15 is 0 Å². The molecular formula is C24H20N2O4S. The van der Waals surface area contributed by atoms with Crippen LogP contribution in [0.3, 0.4) is 0 Å². The number of carbonyl (C=O) groups excluding carboxylic acids is 1. The molecule has 0 saturated heterocycles. The van der Waals surface area contributed by atoms with Crippen LogP contribution in [0.4, 0.5) is 10.8 Å². The molecule has 0 unspecified atom stereocenters. The number of aryl methyl sites for hydroxylation is 1. The second-order valence-electron chi connectivity index (χ2n) is 7.18. The molecule has 31 heavy (non-hydrogen) atoms. The van der Waals surface area contributed by atoms with E-state index in [0.29, 0.717) is 28.1 Å². The van der Waals surface area contributed by atoms with Gasteiger partial charge in [0.1, 0.15) is 12.4 Å². The molecule has 0 bridgehead atoms. The van der Waals surface area contributed by atoms with E-state index in [-0.39, 0.29) is 12.5 Å². The minimum atomic E-state index is -0.813. The van der Waals surface area contributed by atoms with Crippen LogP contribution in [-0.4, -0.2) is 30.7 Å². The van der Waals surface area contributed by atoms with Crippen LogP contribution < -0.4 is 19.1 Å². The Labute approximate surface area is 183 Å². The van der Waals surface area contributed by atoms with Gasteiger partial charge in [-0.25, -0.2) is 9.88 Å². The number of carbonyl (C=O) groups is 1. The molecule has 0 N–H and O–H groups in total. The van der Waals surface area contributed by atoms with Gasteiger partial charge in [-0.1, -0.05) is 41.7 Å². The summed E-state index contributed by atoms with van der Waals surface area (Å²) < 4.78 is 18.4. The quantitative estimate of drug-likeness (QED) is 0.448. The summed E-state index contributed by atoms with van der Waals surface area (Å²) in [7, 11) is 1.59. The molecule has 5 rings (SSSR count). The largest absolute Gasteiger partial charge is 0.495 e. The number of aromatic nitrogens is 1. The zero-order chi connectivity index (χ0) is 21.4. The molecule has 7 heteroatoms. The first-order valence-electron chi connectivity index (χ1n) is 9.87. The van der Waals surface area contributed by atoms with Gasteiger partial charge < -0.3 is 14.2 Å². The molecule has 1 aliphatic rings. The highest BCUT2D eigenvalue weighted by Crippen LogP contribution is 2.40. The number of hydrogen-bond donors (Lipinski definition) is 0. The summed E-state index contributed by atoms with van der Waals surface area (Å²) in [5.74, 6) is 1.49. The topological polar surface area (TPSA) is 60.9 Å². The first kappa shape index (κ1) is 19.4. The van der Waals surface area contributed by atoms with Gasteiger partial charge in [-0.15, -0.1) is 0 Å².